The molecule has 0 spiro atoms. The molecule has 3 heteroatoms. The standard InChI is InChI=1S/C12H22N2O/c1-12(2,11(15)9-10-3-4-10)14-7-5-13-6-8-14/h10,13H,3-9H2,1-2H3. The van der Waals surface area contributed by atoms with Gasteiger partial charge in [0.2, 0.25) is 0 Å². The summed E-state index contributed by atoms with van der Waals surface area (Å²) < 4.78 is 0. The van der Waals surface area contributed by atoms with Gasteiger partial charge in [-0.3, -0.25) is 9.69 Å². The van der Waals surface area contributed by atoms with Gasteiger partial charge in [-0.2, -0.15) is 0 Å². The van der Waals surface area contributed by atoms with E-state index in [0.717, 1.165) is 32.6 Å². The van der Waals surface area contributed by atoms with E-state index >= 15 is 0 Å². The number of carbonyl (C=O) groups excluding carboxylic acids is 1. The Kier molecular flexibility index (Phi) is 3.12. The molecule has 0 atom stereocenters. The highest BCUT2D eigenvalue weighted by atomic mass is 16.1. The predicted molar refractivity (Wildman–Crippen MR) is 60.9 cm³/mol. The van der Waals surface area contributed by atoms with E-state index in [0.29, 0.717) is 11.7 Å². The second-order valence-electron chi connectivity index (χ2n) is 5.37. The molecule has 2 aliphatic rings. The second-order valence-corrected chi connectivity index (χ2v) is 5.37. The van der Waals surface area contributed by atoms with Crippen LogP contribution < -0.4 is 5.32 Å². The van der Waals surface area contributed by atoms with Crippen LogP contribution >= 0.6 is 0 Å². The topological polar surface area (TPSA) is 32.3 Å². The fourth-order valence-corrected chi connectivity index (χ4v) is 2.23. The normalized spacial score (nSPS) is 24.1. The average Bonchev–Trinajstić information content (AvgIpc) is 3.03. The van der Waals surface area contributed by atoms with Gasteiger partial charge in [0.15, 0.2) is 5.78 Å². The van der Waals surface area contributed by atoms with Crippen LogP contribution in [0.2, 0.25) is 0 Å². The molecule has 0 amide bonds. The first-order valence-electron chi connectivity index (χ1n) is 6.10. The lowest BCUT2D eigenvalue weighted by atomic mass is 9.92. The van der Waals surface area contributed by atoms with Crippen LogP contribution in [0.3, 0.4) is 0 Å². The van der Waals surface area contributed by atoms with Crippen molar-refractivity contribution in [2.45, 2.75) is 38.6 Å². The first kappa shape index (κ1) is 11.1. The minimum Gasteiger partial charge on any atom is -0.314 e. The fraction of sp³-hybridized carbons (Fsp3) is 0.917. The predicted octanol–water partition coefficient (Wildman–Crippen LogP) is 1.04. The van der Waals surface area contributed by atoms with E-state index in [1.807, 2.05) is 0 Å². The first-order chi connectivity index (χ1) is 7.10. The molecule has 0 aromatic heterocycles. The Bertz CT molecular complexity index is 240. The molecule has 0 unspecified atom stereocenters. The lowest BCUT2D eigenvalue weighted by Gasteiger charge is -2.40. The number of hydrogen-bond donors (Lipinski definition) is 1. The van der Waals surface area contributed by atoms with Crippen LogP contribution in [-0.4, -0.2) is 42.4 Å². The van der Waals surface area contributed by atoms with E-state index in [-0.39, 0.29) is 5.54 Å². The summed E-state index contributed by atoms with van der Waals surface area (Å²) in [6, 6.07) is 0. The molecular formula is C12H22N2O. The summed E-state index contributed by atoms with van der Waals surface area (Å²) in [6.45, 7) is 8.21. The maximum Gasteiger partial charge on any atom is 0.152 e. The molecule has 0 aromatic carbocycles. The number of hydrogen-bond acceptors (Lipinski definition) is 3. The van der Waals surface area contributed by atoms with Gasteiger partial charge < -0.3 is 5.32 Å². The Labute approximate surface area is 92.2 Å². The van der Waals surface area contributed by atoms with Crippen molar-refractivity contribution in [3.8, 4) is 0 Å². The van der Waals surface area contributed by atoms with Crippen molar-refractivity contribution in [2.75, 3.05) is 26.2 Å². The summed E-state index contributed by atoms with van der Waals surface area (Å²) in [5.74, 6) is 1.14. The molecule has 86 valence electrons. The quantitative estimate of drug-likeness (QED) is 0.752. The fourth-order valence-electron chi connectivity index (χ4n) is 2.23. The minimum absolute atomic E-state index is 0.245. The van der Waals surface area contributed by atoms with Crippen LogP contribution in [0.25, 0.3) is 0 Å². The molecule has 1 saturated heterocycles. The molecule has 0 aromatic rings. The van der Waals surface area contributed by atoms with Gasteiger partial charge in [-0.25, -0.2) is 0 Å². The molecular weight excluding hydrogens is 188 g/mol. The lowest BCUT2D eigenvalue weighted by Crippen LogP contribution is -2.57. The van der Waals surface area contributed by atoms with Crippen molar-refractivity contribution < 1.29 is 4.79 Å². The maximum atomic E-state index is 12.2. The lowest BCUT2D eigenvalue weighted by molar-refractivity contribution is -0.130. The second kappa shape index (κ2) is 4.22. The third kappa shape index (κ3) is 2.58. The van der Waals surface area contributed by atoms with Crippen LogP contribution in [0.15, 0.2) is 0 Å². The first-order valence-corrected chi connectivity index (χ1v) is 6.10. The van der Waals surface area contributed by atoms with E-state index in [2.05, 4.69) is 24.1 Å². The smallest absolute Gasteiger partial charge is 0.152 e. The number of piperazine rings is 1. The zero-order chi connectivity index (χ0) is 10.9. The van der Waals surface area contributed by atoms with Crippen molar-refractivity contribution in [3.05, 3.63) is 0 Å². The van der Waals surface area contributed by atoms with Crippen molar-refractivity contribution in [2.24, 2.45) is 5.92 Å². The van der Waals surface area contributed by atoms with Crippen molar-refractivity contribution in [1.29, 1.82) is 0 Å². The zero-order valence-corrected chi connectivity index (χ0v) is 9.88. The Morgan fingerprint density at radius 2 is 1.93 bits per heavy atom. The summed E-state index contributed by atoms with van der Waals surface area (Å²) in [6.07, 6.45) is 3.34. The Morgan fingerprint density at radius 3 is 2.47 bits per heavy atom. The monoisotopic (exact) mass is 210 g/mol. The van der Waals surface area contributed by atoms with Crippen molar-refractivity contribution in [1.82, 2.24) is 10.2 Å². The number of Topliss-reactive ketones (excluding diaryl/α,β-unsaturated/α-hetero) is 1. The molecule has 15 heavy (non-hydrogen) atoms. The summed E-state index contributed by atoms with van der Waals surface area (Å²) in [7, 11) is 0. The summed E-state index contributed by atoms with van der Waals surface area (Å²) in [4.78, 5) is 14.5. The summed E-state index contributed by atoms with van der Waals surface area (Å²) >= 11 is 0. The van der Waals surface area contributed by atoms with Crippen LogP contribution in [0.4, 0.5) is 0 Å². The Morgan fingerprint density at radius 1 is 1.33 bits per heavy atom. The largest absolute Gasteiger partial charge is 0.314 e. The molecule has 1 aliphatic heterocycles. The van der Waals surface area contributed by atoms with Gasteiger partial charge in [-0.1, -0.05) is 0 Å². The number of ketones is 1. The molecule has 3 nitrogen and oxygen atoms in total. The molecule has 0 radical (unpaired) electrons. The molecule has 1 saturated carbocycles. The van der Waals surface area contributed by atoms with E-state index in [1.54, 1.807) is 0 Å². The van der Waals surface area contributed by atoms with E-state index in [9.17, 15) is 4.79 Å². The Hall–Kier alpha value is -0.410. The molecule has 0 bridgehead atoms. The molecule has 1 heterocycles. The van der Waals surface area contributed by atoms with Gasteiger partial charge in [0.1, 0.15) is 0 Å². The highest BCUT2D eigenvalue weighted by Gasteiger charge is 2.37. The summed E-state index contributed by atoms with van der Waals surface area (Å²) in [5, 5.41) is 3.33. The number of nitrogens with one attached hydrogen (secondary N) is 1. The van der Waals surface area contributed by atoms with Crippen LogP contribution in [-0.2, 0) is 4.79 Å². The third-order valence-electron chi connectivity index (χ3n) is 3.76. The van der Waals surface area contributed by atoms with Gasteiger partial charge in [-0.15, -0.1) is 0 Å². The van der Waals surface area contributed by atoms with Gasteiger partial charge in [0.25, 0.3) is 0 Å². The molecule has 1 N–H and O–H groups in total. The van der Waals surface area contributed by atoms with Crippen LogP contribution in [0.1, 0.15) is 33.1 Å². The van der Waals surface area contributed by atoms with Gasteiger partial charge >= 0.3 is 0 Å². The Balaban J connectivity index is 1.92. The van der Waals surface area contributed by atoms with E-state index < -0.39 is 0 Å². The third-order valence-corrected chi connectivity index (χ3v) is 3.76. The van der Waals surface area contributed by atoms with E-state index in [1.165, 1.54) is 12.8 Å². The highest BCUT2D eigenvalue weighted by molar-refractivity contribution is 5.88. The maximum absolute atomic E-state index is 12.2. The minimum atomic E-state index is -0.245. The van der Waals surface area contributed by atoms with Gasteiger partial charge in [0, 0.05) is 32.6 Å². The van der Waals surface area contributed by atoms with Gasteiger partial charge in [0.05, 0.1) is 5.54 Å². The average molecular weight is 210 g/mol. The van der Waals surface area contributed by atoms with Crippen LogP contribution in [0, 0.1) is 5.92 Å². The SMILES string of the molecule is CC(C)(C(=O)CC1CC1)N1CCNCC1. The number of nitrogens with zero attached hydrogens (tertiary/aromatic N) is 1. The van der Waals surface area contributed by atoms with E-state index in [4.69, 9.17) is 0 Å². The zero-order valence-electron chi connectivity index (χ0n) is 9.88. The number of carbonyl (C=O) groups is 1. The molecule has 2 rings (SSSR count). The van der Waals surface area contributed by atoms with Crippen LogP contribution in [0.5, 0.6) is 0 Å². The molecule has 1 aliphatic carbocycles. The highest BCUT2D eigenvalue weighted by Crippen LogP contribution is 2.34. The number of rotatable bonds is 4. The van der Waals surface area contributed by atoms with Gasteiger partial charge in [-0.05, 0) is 32.6 Å². The van der Waals surface area contributed by atoms with Crippen molar-refractivity contribution in [3.63, 3.8) is 0 Å². The molecule has 2 fully saturated rings. The summed E-state index contributed by atoms with van der Waals surface area (Å²) in [5.41, 5.74) is -0.245. The van der Waals surface area contributed by atoms with Crippen molar-refractivity contribution >= 4 is 5.78 Å².